The topological polar surface area (TPSA) is 55.9 Å². The summed E-state index contributed by atoms with van der Waals surface area (Å²) in [6.45, 7) is 6.20. The fraction of sp³-hybridized carbons (Fsp3) is 0.321. The third kappa shape index (κ3) is 5.09. The second-order valence-corrected chi connectivity index (χ2v) is 9.18. The average Bonchev–Trinajstić information content (AvgIpc) is 3.35. The zero-order valence-electron chi connectivity index (χ0n) is 20.1. The Balaban J connectivity index is 1.32. The second kappa shape index (κ2) is 10.6. The van der Waals surface area contributed by atoms with Gasteiger partial charge < -0.3 is 19.5 Å². The van der Waals surface area contributed by atoms with E-state index in [0.717, 1.165) is 83.8 Å². The molecule has 1 aliphatic rings. The number of nitrogens with one attached hydrogen (secondary N) is 1. The van der Waals surface area contributed by atoms with Crippen molar-refractivity contribution in [3.8, 4) is 17.2 Å². The predicted molar refractivity (Wildman–Crippen MR) is 142 cm³/mol. The van der Waals surface area contributed by atoms with E-state index in [-0.39, 0.29) is 0 Å². The molecule has 0 fully saturated rings. The van der Waals surface area contributed by atoms with Crippen molar-refractivity contribution in [1.29, 1.82) is 0 Å². The number of hydrogen-bond donors (Lipinski definition) is 1. The van der Waals surface area contributed by atoms with Crippen LogP contribution in [0.25, 0.3) is 21.8 Å². The monoisotopic (exact) mass is 491 g/mol. The molecular formula is C28H30ClN3O3. The molecule has 3 aromatic carbocycles. The number of methoxy groups -OCH3 is 1. The lowest BCUT2D eigenvalue weighted by Crippen LogP contribution is -2.26. The molecule has 0 spiro atoms. The van der Waals surface area contributed by atoms with Gasteiger partial charge in [-0.05, 0) is 61.9 Å². The van der Waals surface area contributed by atoms with Gasteiger partial charge in [0, 0.05) is 41.0 Å². The van der Waals surface area contributed by atoms with Gasteiger partial charge in [0.05, 0.1) is 23.8 Å². The molecular weight excluding hydrogens is 462 g/mol. The van der Waals surface area contributed by atoms with Gasteiger partial charge in [0.2, 0.25) is 6.79 Å². The highest BCUT2D eigenvalue weighted by Crippen LogP contribution is 2.36. The summed E-state index contributed by atoms with van der Waals surface area (Å²) in [5, 5.41) is 6.47. The SMILES string of the molecule is CCCN(CCCNc1c2ccc(Cl)cc2nc2ccc(OC)cc12)Cc1cccc2c1OCO2. The van der Waals surface area contributed by atoms with Gasteiger partial charge in [-0.3, -0.25) is 4.90 Å². The first kappa shape index (κ1) is 23.5. The van der Waals surface area contributed by atoms with Gasteiger partial charge in [0.15, 0.2) is 11.5 Å². The molecule has 5 rings (SSSR count). The zero-order chi connectivity index (χ0) is 24.2. The van der Waals surface area contributed by atoms with Crippen LogP contribution in [0.4, 0.5) is 5.69 Å². The highest BCUT2D eigenvalue weighted by Gasteiger charge is 2.19. The molecule has 0 unspecified atom stereocenters. The number of anilines is 1. The van der Waals surface area contributed by atoms with Crippen LogP contribution in [0.3, 0.4) is 0 Å². The van der Waals surface area contributed by atoms with E-state index in [0.29, 0.717) is 11.8 Å². The molecule has 0 atom stereocenters. The Labute approximate surface area is 210 Å². The van der Waals surface area contributed by atoms with Crippen molar-refractivity contribution in [2.24, 2.45) is 0 Å². The smallest absolute Gasteiger partial charge is 0.231 e. The number of benzene rings is 3. The van der Waals surface area contributed by atoms with Gasteiger partial charge in [0.25, 0.3) is 0 Å². The highest BCUT2D eigenvalue weighted by molar-refractivity contribution is 6.31. The minimum Gasteiger partial charge on any atom is -0.497 e. The summed E-state index contributed by atoms with van der Waals surface area (Å²) in [6.07, 6.45) is 2.09. The Morgan fingerprint density at radius 3 is 2.80 bits per heavy atom. The molecule has 2 heterocycles. The lowest BCUT2D eigenvalue weighted by Gasteiger charge is -2.23. The number of para-hydroxylation sites is 1. The predicted octanol–water partition coefficient (Wildman–Crippen LogP) is 6.49. The number of halogens is 1. The van der Waals surface area contributed by atoms with E-state index in [2.05, 4.69) is 23.2 Å². The Hall–Kier alpha value is -3.22. The first-order valence-electron chi connectivity index (χ1n) is 12.1. The maximum Gasteiger partial charge on any atom is 0.231 e. The van der Waals surface area contributed by atoms with Crippen molar-refractivity contribution >= 4 is 39.1 Å². The fourth-order valence-corrected chi connectivity index (χ4v) is 4.84. The molecule has 1 N–H and O–H groups in total. The zero-order valence-corrected chi connectivity index (χ0v) is 20.9. The van der Waals surface area contributed by atoms with Crippen LogP contribution in [0.5, 0.6) is 17.2 Å². The van der Waals surface area contributed by atoms with Crippen LogP contribution in [0.1, 0.15) is 25.3 Å². The number of ether oxygens (including phenoxy) is 3. The van der Waals surface area contributed by atoms with Gasteiger partial charge in [-0.1, -0.05) is 30.7 Å². The minimum absolute atomic E-state index is 0.299. The molecule has 6 nitrogen and oxygen atoms in total. The number of fused-ring (bicyclic) bond motifs is 3. The molecule has 0 aliphatic carbocycles. The Morgan fingerprint density at radius 2 is 1.94 bits per heavy atom. The molecule has 182 valence electrons. The maximum atomic E-state index is 6.26. The molecule has 0 saturated heterocycles. The number of rotatable bonds is 10. The molecule has 0 bridgehead atoms. The Morgan fingerprint density at radius 1 is 1.03 bits per heavy atom. The number of nitrogens with zero attached hydrogens (tertiary/aromatic N) is 2. The molecule has 0 saturated carbocycles. The van der Waals surface area contributed by atoms with E-state index in [1.54, 1.807) is 7.11 Å². The van der Waals surface area contributed by atoms with Gasteiger partial charge in [-0.25, -0.2) is 4.98 Å². The summed E-state index contributed by atoms with van der Waals surface area (Å²) in [6, 6.07) is 18.0. The first-order chi connectivity index (χ1) is 17.2. The van der Waals surface area contributed by atoms with Crippen LogP contribution in [0, 0.1) is 0 Å². The van der Waals surface area contributed by atoms with Gasteiger partial charge in [-0.15, -0.1) is 0 Å². The van der Waals surface area contributed by atoms with Crippen molar-refractivity contribution < 1.29 is 14.2 Å². The number of aromatic nitrogens is 1. The summed E-state index contributed by atoms with van der Waals surface area (Å²) < 4.78 is 16.7. The summed E-state index contributed by atoms with van der Waals surface area (Å²) in [5.41, 5.74) is 4.03. The Kier molecular flexibility index (Phi) is 7.11. The molecule has 0 amide bonds. The third-order valence-corrected chi connectivity index (χ3v) is 6.54. The van der Waals surface area contributed by atoms with Crippen molar-refractivity contribution in [1.82, 2.24) is 9.88 Å². The van der Waals surface area contributed by atoms with E-state index in [4.69, 9.17) is 30.8 Å². The molecule has 4 aromatic rings. The largest absolute Gasteiger partial charge is 0.497 e. The number of hydrogen-bond acceptors (Lipinski definition) is 6. The van der Waals surface area contributed by atoms with Crippen molar-refractivity contribution in [3.63, 3.8) is 0 Å². The molecule has 35 heavy (non-hydrogen) atoms. The average molecular weight is 492 g/mol. The van der Waals surface area contributed by atoms with Crippen LogP contribution in [-0.2, 0) is 6.54 Å². The Bertz CT molecular complexity index is 1340. The van der Waals surface area contributed by atoms with Crippen LogP contribution < -0.4 is 19.5 Å². The van der Waals surface area contributed by atoms with Crippen molar-refractivity contribution in [3.05, 3.63) is 65.2 Å². The summed E-state index contributed by atoms with van der Waals surface area (Å²) >= 11 is 6.26. The molecule has 0 radical (unpaired) electrons. The van der Waals surface area contributed by atoms with E-state index in [9.17, 15) is 0 Å². The van der Waals surface area contributed by atoms with Crippen LogP contribution in [0.15, 0.2) is 54.6 Å². The van der Waals surface area contributed by atoms with Crippen LogP contribution >= 0.6 is 11.6 Å². The van der Waals surface area contributed by atoms with Gasteiger partial charge in [0.1, 0.15) is 5.75 Å². The van der Waals surface area contributed by atoms with Gasteiger partial charge >= 0.3 is 0 Å². The summed E-state index contributed by atoms with van der Waals surface area (Å²) in [4.78, 5) is 7.30. The molecule has 1 aliphatic heterocycles. The fourth-order valence-electron chi connectivity index (χ4n) is 4.67. The minimum atomic E-state index is 0.299. The first-order valence-corrected chi connectivity index (χ1v) is 12.4. The third-order valence-electron chi connectivity index (χ3n) is 6.31. The van der Waals surface area contributed by atoms with Crippen molar-refractivity contribution in [2.75, 3.05) is 38.9 Å². The van der Waals surface area contributed by atoms with Gasteiger partial charge in [-0.2, -0.15) is 0 Å². The summed E-state index contributed by atoms with van der Waals surface area (Å²) in [7, 11) is 1.68. The van der Waals surface area contributed by atoms with E-state index < -0.39 is 0 Å². The second-order valence-electron chi connectivity index (χ2n) is 8.74. The molecule has 7 heteroatoms. The standard InChI is InChI=1S/C28H30ClN3O3/c1-3-13-32(17-19-6-4-7-26-28(19)35-18-34-26)14-5-12-30-27-22-10-8-20(29)15-25(22)31-24-11-9-21(33-2)16-23(24)27/h4,6-11,15-16H,3,5,12-14,17-18H2,1-2H3,(H,30,31). The van der Waals surface area contributed by atoms with Crippen LogP contribution in [-0.4, -0.2) is 43.4 Å². The number of pyridine rings is 1. The maximum absolute atomic E-state index is 6.26. The highest BCUT2D eigenvalue weighted by atomic mass is 35.5. The van der Waals surface area contributed by atoms with Crippen molar-refractivity contribution in [2.45, 2.75) is 26.3 Å². The molecule has 1 aromatic heterocycles. The van der Waals surface area contributed by atoms with Crippen LogP contribution in [0.2, 0.25) is 5.02 Å². The summed E-state index contributed by atoms with van der Waals surface area (Å²) in [5.74, 6) is 2.54. The lowest BCUT2D eigenvalue weighted by molar-refractivity contribution is 0.171. The normalized spacial score (nSPS) is 12.6. The quantitative estimate of drug-likeness (QED) is 0.202. The van der Waals surface area contributed by atoms with E-state index in [1.165, 1.54) is 5.56 Å². The lowest BCUT2D eigenvalue weighted by atomic mass is 10.1. The van der Waals surface area contributed by atoms with E-state index in [1.807, 2.05) is 48.5 Å². The van der Waals surface area contributed by atoms with E-state index >= 15 is 0 Å².